The van der Waals surface area contributed by atoms with Crippen LogP contribution in [0.3, 0.4) is 0 Å². The highest BCUT2D eigenvalue weighted by Crippen LogP contribution is 2.27. The zero-order valence-electron chi connectivity index (χ0n) is 17.2. The second-order valence-corrected chi connectivity index (χ2v) is 8.12. The highest BCUT2D eigenvalue weighted by Gasteiger charge is 2.17. The number of ether oxygens (including phenoxy) is 1. The number of aromatic nitrogens is 4. The van der Waals surface area contributed by atoms with E-state index in [1.165, 1.54) is 11.3 Å². The Balaban J connectivity index is 1.27. The fraction of sp³-hybridized carbons (Fsp3) is 0.0833. The molecular weight excluding hydrogens is 422 g/mol. The molecule has 5 rings (SSSR count). The minimum Gasteiger partial charge on any atom is -0.487 e. The Morgan fingerprint density at radius 1 is 1.09 bits per heavy atom. The molecular formula is C24H19N5O2S. The van der Waals surface area contributed by atoms with E-state index in [0.29, 0.717) is 28.6 Å². The molecule has 1 amide bonds. The monoisotopic (exact) mass is 441 g/mol. The van der Waals surface area contributed by atoms with Gasteiger partial charge in [0.2, 0.25) is 0 Å². The molecule has 0 bridgehead atoms. The fourth-order valence-electron chi connectivity index (χ4n) is 3.27. The van der Waals surface area contributed by atoms with Crippen LogP contribution >= 0.6 is 11.3 Å². The highest BCUT2D eigenvalue weighted by molar-refractivity contribution is 7.17. The van der Waals surface area contributed by atoms with Crippen molar-refractivity contribution in [3.63, 3.8) is 0 Å². The number of hydrogen-bond acceptors (Lipinski definition) is 6. The number of rotatable bonds is 6. The number of thiazole rings is 1. The number of anilines is 1. The number of nitrogens with zero attached hydrogens (tertiary/aromatic N) is 4. The molecule has 0 aliphatic carbocycles. The molecule has 0 fully saturated rings. The summed E-state index contributed by atoms with van der Waals surface area (Å²) in [7, 11) is 0. The Morgan fingerprint density at radius 2 is 2.00 bits per heavy atom. The number of hydrogen-bond donors (Lipinski definition) is 1. The summed E-state index contributed by atoms with van der Waals surface area (Å²) in [6.45, 7) is 2.16. The lowest BCUT2D eigenvalue weighted by atomic mass is 10.3. The van der Waals surface area contributed by atoms with Crippen LogP contribution in [0.25, 0.3) is 16.3 Å². The quantitative estimate of drug-likeness (QED) is 0.401. The van der Waals surface area contributed by atoms with E-state index in [-0.39, 0.29) is 5.91 Å². The van der Waals surface area contributed by atoms with Gasteiger partial charge >= 0.3 is 0 Å². The smallest absolute Gasteiger partial charge is 0.267 e. The third-order valence-corrected chi connectivity index (χ3v) is 5.96. The van der Waals surface area contributed by atoms with Crippen LogP contribution in [0.15, 0.2) is 79.3 Å². The zero-order chi connectivity index (χ0) is 21.9. The van der Waals surface area contributed by atoms with Crippen LogP contribution in [0, 0.1) is 6.92 Å². The first-order valence-electron chi connectivity index (χ1n) is 10.0. The van der Waals surface area contributed by atoms with Gasteiger partial charge < -0.3 is 14.5 Å². The van der Waals surface area contributed by atoms with E-state index in [2.05, 4.69) is 20.3 Å². The summed E-state index contributed by atoms with van der Waals surface area (Å²) in [5.74, 6) is 0.440. The van der Waals surface area contributed by atoms with Crippen molar-refractivity contribution >= 4 is 28.6 Å². The van der Waals surface area contributed by atoms with Gasteiger partial charge in [0.1, 0.15) is 27.9 Å². The maximum absolute atomic E-state index is 12.9. The van der Waals surface area contributed by atoms with Crippen LogP contribution in [-0.2, 0) is 6.61 Å². The number of benzene rings is 1. The van der Waals surface area contributed by atoms with Crippen molar-refractivity contribution in [1.29, 1.82) is 0 Å². The number of nitrogens with one attached hydrogen (secondary N) is 1. The minimum atomic E-state index is -0.209. The molecule has 0 saturated carbocycles. The number of fused-ring (bicyclic) bond motifs is 1. The summed E-state index contributed by atoms with van der Waals surface area (Å²) in [5.41, 5.74) is 3.77. The Kier molecular flexibility index (Phi) is 5.35. The van der Waals surface area contributed by atoms with E-state index >= 15 is 0 Å². The molecule has 158 valence electrons. The van der Waals surface area contributed by atoms with Gasteiger partial charge in [0, 0.05) is 30.3 Å². The van der Waals surface area contributed by atoms with Crippen LogP contribution in [-0.4, -0.2) is 25.3 Å². The van der Waals surface area contributed by atoms with Crippen molar-refractivity contribution in [1.82, 2.24) is 19.4 Å². The van der Waals surface area contributed by atoms with Crippen molar-refractivity contribution in [3.05, 3.63) is 95.5 Å². The molecule has 0 aliphatic heterocycles. The van der Waals surface area contributed by atoms with Crippen molar-refractivity contribution in [2.24, 2.45) is 0 Å². The summed E-state index contributed by atoms with van der Waals surface area (Å²) in [6, 6.07) is 18.8. The molecule has 0 unspecified atom stereocenters. The predicted molar refractivity (Wildman–Crippen MR) is 124 cm³/mol. The summed E-state index contributed by atoms with van der Waals surface area (Å²) < 4.78 is 7.84. The predicted octanol–water partition coefficient (Wildman–Crippen LogP) is 4.99. The largest absolute Gasteiger partial charge is 0.487 e. The summed E-state index contributed by atoms with van der Waals surface area (Å²) in [5, 5.41) is 3.66. The summed E-state index contributed by atoms with van der Waals surface area (Å²) in [4.78, 5) is 26.8. The first-order valence-corrected chi connectivity index (χ1v) is 10.8. The van der Waals surface area contributed by atoms with E-state index in [1.807, 2.05) is 78.3 Å². The molecule has 0 atom stereocenters. The van der Waals surface area contributed by atoms with Crippen LogP contribution < -0.4 is 10.1 Å². The molecule has 5 aromatic rings. The lowest BCUT2D eigenvalue weighted by Crippen LogP contribution is -2.11. The van der Waals surface area contributed by atoms with E-state index in [9.17, 15) is 4.79 Å². The van der Waals surface area contributed by atoms with Crippen molar-refractivity contribution in [3.8, 4) is 16.5 Å². The molecule has 7 nitrogen and oxygen atoms in total. The number of aryl methyl sites for hydroxylation is 1. The number of imidazole rings is 1. The third-order valence-electron chi connectivity index (χ3n) is 4.78. The van der Waals surface area contributed by atoms with Crippen LogP contribution in [0.5, 0.6) is 5.75 Å². The minimum absolute atomic E-state index is 0.209. The third kappa shape index (κ3) is 4.21. The standard InChI is InChI=1S/C24H19N5O2S/c1-16-22(32-24(26-16)20-9-2-4-11-25-20)23(30)28-17-7-6-8-19(13-17)31-15-18-14-29-12-5-3-10-21(29)27-18/h2-14H,15H2,1H3,(H,28,30). The summed E-state index contributed by atoms with van der Waals surface area (Å²) in [6.07, 6.45) is 5.60. The van der Waals surface area contributed by atoms with Crippen molar-refractivity contribution in [2.45, 2.75) is 13.5 Å². The SMILES string of the molecule is Cc1nc(-c2ccccn2)sc1C(=O)Nc1cccc(OCc2cn3ccccc3n2)c1. The Hall–Kier alpha value is -4.04. The molecule has 4 heterocycles. The lowest BCUT2D eigenvalue weighted by Gasteiger charge is -2.08. The number of amides is 1. The number of pyridine rings is 2. The lowest BCUT2D eigenvalue weighted by molar-refractivity contribution is 0.103. The average Bonchev–Trinajstić information content (AvgIpc) is 3.42. The number of carbonyl (C=O) groups excluding carboxylic acids is 1. The second kappa shape index (κ2) is 8.60. The van der Waals surface area contributed by atoms with Crippen LogP contribution in [0.2, 0.25) is 0 Å². The van der Waals surface area contributed by atoms with Crippen molar-refractivity contribution < 1.29 is 9.53 Å². The highest BCUT2D eigenvalue weighted by atomic mass is 32.1. The molecule has 32 heavy (non-hydrogen) atoms. The molecule has 4 aromatic heterocycles. The van der Waals surface area contributed by atoms with Gasteiger partial charge in [-0.3, -0.25) is 9.78 Å². The van der Waals surface area contributed by atoms with Gasteiger partial charge in [-0.1, -0.05) is 18.2 Å². The van der Waals surface area contributed by atoms with E-state index in [0.717, 1.165) is 22.0 Å². The first kappa shape index (κ1) is 19.9. The molecule has 1 aromatic carbocycles. The van der Waals surface area contributed by atoms with E-state index in [1.54, 1.807) is 12.3 Å². The molecule has 0 saturated heterocycles. The summed E-state index contributed by atoms with van der Waals surface area (Å²) >= 11 is 1.33. The maximum Gasteiger partial charge on any atom is 0.267 e. The Labute approximate surface area is 188 Å². The topological polar surface area (TPSA) is 81.4 Å². The zero-order valence-corrected chi connectivity index (χ0v) is 18.0. The normalized spacial score (nSPS) is 10.9. The van der Waals surface area contributed by atoms with Crippen LogP contribution in [0.1, 0.15) is 21.1 Å². The first-order chi connectivity index (χ1) is 15.7. The Morgan fingerprint density at radius 3 is 2.84 bits per heavy atom. The van der Waals surface area contributed by atoms with Gasteiger partial charge in [-0.05, 0) is 43.3 Å². The molecule has 0 radical (unpaired) electrons. The molecule has 0 aliphatic rings. The Bertz CT molecular complexity index is 1360. The van der Waals surface area contributed by atoms with Crippen LogP contribution in [0.4, 0.5) is 5.69 Å². The van der Waals surface area contributed by atoms with Gasteiger partial charge in [-0.15, -0.1) is 11.3 Å². The van der Waals surface area contributed by atoms with Gasteiger partial charge in [0.15, 0.2) is 0 Å². The second-order valence-electron chi connectivity index (χ2n) is 7.12. The van der Waals surface area contributed by atoms with Gasteiger partial charge in [-0.25, -0.2) is 9.97 Å². The van der Waals surface area contributed by atoms with Gasteiger partial charge in [0.05, 0.1) is 17.1 Å². The van der Waals surface area contributed by atoms with Gasteiger partial charge in [0.25, 0.3) is 5.91 Å². The fourth-order valence-corrected chi connectivity index (χ4v) is 4.21. The maximum atomic E-state index is 12.9. The molecule has 8 heteroatoms. The van der Waals surface area contributed by atoms with Crippen molar-refractivity contribution in [2.75, 3.05) is 5.32 Å². The van der Waals surface area contributed by atoms with E-state index < -0.39 is 0 Å². The number of carbonyl (C=O) groups is 1. The molecule has 1 N–H and O–H groups in total. The van der Waals surface area contributed by atoms with Gasteiger partial charge in [-0.2, -0.15) is 0 Å². The molecule has 0 spiro atoms. The average molecular weight is 442 g/mol. The van der Waals surface area contributed by atoms with E-state index in [4.69, 9.17) is 4.74 Å².